The van der Waals surface area contributed by atoms with E-state index in [0.29, 0.717) is 12.5 Å². The van der Waals surface area contributed by atoms with Gasteiger partial charge < -0.3 is 14.6 Å². The van der Waals surface area contributed by atoms with Crippen molar-refractivity contribution in [3.63, 3.8) is 0 Å². The lowest BCUT2D eigenvalue weighted by Gasteiger charge is -2.16. The highest BCUT2D eigenvalue weighted by Crippen LogP contribution is 2.36. The second-order valence-corrected chi connectivity index (χ2v) is 6.59. The van der Waals surface area contributed by atoms with E-state index in [1.54, 1.807) is 0 Å². The molecule has 0 aliphatic carbocycles. The molecule has 4 nitrogen and oxygen atoms in total. The second kappa shape index (κ2) is 7.63. The van der Waals surface area contributed by atoms with Gasteiger partial charge in [0.15, 0.2) is 0 Å². The minimum absolute atomic E-state index is 0.0181. The van der Waals surface area contributed by atoms with Gasteiger partial charge in [0.1, 0.15) is 5.75 Å². The van der Waals surface area contributed by atoms with Crippen molar-refractivity contribution in [3.8, 4) is 5.75 Å². The summed E-state index contributed by atoms with van der Waals surface area (Å²) in [7, 11) is 0. The summed E-state index contributed by atoms with van der Waals surface area (Å²) < 4.78 is 11.5. The van der Waals surface area contributed by atoms with Crippen molar-refractivity contribution in [2.75, 3.05) is 13.2 Å². The van der Waals surface area contributed by atoms with E-state index in [1.807, 2.05) is 12.1 Å². The van der Waals surface area contributed by atoms with Crippen molar-refractivity contribution in [1.82, 2.24) is 0 Å². The summed E-state index contributed by atoms with van der Waals surface area (Å²) in [5, 5.41) is 8.56. The van der Waals surface area contributed by atoms with Crippen LogP contribution in [-0.2, 0) is 9.53 Å². The number of rotatable bonds is 8. The first-order valence-corrected chi connectivity index (χ1v) is 8.05. The Balaban J connectivity index is 1.70. The van der Waals surface area contributed by atoms with E-state index in [2.05, 4.69) is 26.0 Å². The van der Waals surface area contributed by atoms with Gasteiger partial charge in [-0.2, -0.15) is 0 Å². The predicted octanol–water partition coefficient (Wildman–Crippen LogP) is 3.99. The fourth-order valence-electron chi connectivity index (χ4n) is 2.83. The Morgan fingerprint density at radius 3 is 2.59 bits per heavy atom. The zero-order chi connectivity index (χ0) is 16.0. The molecule has 22 heavy (non-hydrogen) atoms. The number of benzene rings is 1. The fourth-order valence-corrected chi connectivity index (χ4v) is 2.83. The molecular weight excluding hydrogens is 280 g/mol. The third kappa shape index (κ3) is 5.34. The van der Waals surface area contributed by atoms with Gasteiger partial charge in [-0.3, -0.25) is 4.79 Å². The summed E-state index contributed by atoms with van der Waals surface area (Å²) in [4.78, 5) is 10.4. The summed E-state index contributed by atoms with van der Waals surface area (Å²) >= 11 is 0. The van der Waals surface area contributed by atoms with Crippen LogP contribution in [0.4, 0.5) is 0 Å². The highest BCUT2D eigenvalue weighted by molar-refractivity contribution is 5.66. The first-order chi connectivity index (χ1) is 10.5. The number of unbranched alkanes of at least 4 members (excludes halogenated alkanes) is 2. The zero-order valence-corrected chi connectivity index (χ0v) is 13.5. The van der Waals surface area contributed by atoms with Crippen molar-refractivity contribution >= 4 is 5.97 Å². The van der Waals surface area contributed by atoms with Crippen molar-refractivity contribution in [2.45, 2.75) is 57.5 Å². The lowest BCUT2D eigenvalue weighted by atomic mass is 9.92. The molecule has 1 aliphatic rings. The van der Waals surface area contributed by atoms with Gasteiger partial charge in [-0.15, -0.1) is 0 Å². The molecule has 0 radical (unpaired) electrons. The number of carboxylic acids is 1. The maximum Gasteiger partial charge on any atom is 0.303 e. The van der Waals surface area contributed by atoms with E-state index in [-0.39, 0.29) is 12.0 Å². The van der Waals surface area contributed by atoms with Crippen LogP contribution in [0.1, 0.15) is 57.4 Å². The Morgan fingerprint density at radius 2 is 2.00 bits per heavy atom. The number of carbonyl (C=O) groups is 1. The summed E-state index contributed by atoms with van der Waals surface area (Å²) in [6.07, 6.45) is 3.79. The van der Waals surface area contributed by atoms with Crippen LogP contribution >= 0.6 is 0 Å². The van der Waals surface area contributed by atoms with Gasteiger partial charge in [0.05, 0.1) is 18.8 Å². The third-order valence-electron chi connectivity index (χ3n) is 4.07. The predicted molar refractivity (Wildman–Crippen MR) is 85.4 cm³/mol. The summed E-state index contributed by atoms with van der Waals surface area (Å²) in [5.41, 5.74) is 1.29. The number of hydrogen-bond donors (Lipinski definition) is 1. The van der Waals surface area contributed by atoms with Gasteiger partial charge >= 0.3 is 5.97 Å². The molecule has 1 aromatic carbocycles. The van der Waals surface area contributed by atoms with Gasteiger partial charge in [0, 0.05) is 12.3 Å². The van der Waals surface area contributed by atoms with Gasteiger partial charge in [-0.25, -0.2) is 0 Å². The number of carboxylic acid groups (broad SMARTS) is 1. The standard InChI is InChI=1S/C18H26O4/c1-18(2)12-15(13-22-18)14-7-9-16(10-8-14)21-11-5-3-4-6-17(19)20/h7-10,15H,3-6,11-13H2,1-2H3,(H,19,20). The van der Waals surface area contributed by atoms with E-state index in [9.17, 15) is 4.79 Å². The van der Waals surface area contributed by atoms with Crippen LogP contribution in [-0.4, -0.2) is 29.9 Å². The molecule has 0 amide bonds. The Hall–Kier alpha value is -1.55. The average Bonchev–Trinajstić information content (AvgIpc) is 2.83. The molecule has 1 atom stereocenters. The topological polar surface area (TPSA) is 55.8 Å². The monoisotopic (exact) mass is 306 g/mol. The Kier molecular flexibility index (Phi) is 5.83. The van der Waals surface area contributed by atoms with Gasteiger partial charge in [-0.1, -0.05) is 12.1 Å². The molecule has 1 unspecified atom stereocenters. The number of aliphatic carboxylic acids is 1. The number of hydrogen-bond acceptors (Lipinski definition) is 3. The minimum Gasteiger partial charge on any atom is -0.494 e. The lowest BCUT2D eigenvalue weighted by Crippen LogP contribution is -2.16. The first-order valence-electron chi connectivity index (χ1n) is 8.05. The van der Waals surface area contributed by atoms with E-state index in [0.717, 1.165) is 38.0 Å². The van der Waals surface area contributed by atoms with Crippen LogP contribution in [0.25, 0.3) is 0 Å². The summed E-state index contributed by atoms with van der Waals surface area (Å²) in [6.45, 7) is 5.69. The molecule has 0 spiro atoms. The molecule has 2 rings (SSSR count). The largest absolute Gasteiger partial charge is 0.494 e. The molecule has 0 aromatic heterocycles. The normalized spacial score (nSPS) is 20.0. The van der Waals surface area contributed by atoms with E-state index >= 15 is 0 Å². The third-order valence-corrected chi connectivity index (χ3v) is 4.07. The van der Waals surface area contributed by atoms with Gasteiger partial charge in [0.25, 0.3) is 0 Å². The van der Waals surface area contributed by atoms with Crippen molar-refractivity contribution < 1.29 is 19.4 Å². The SMILES string of the molecule is CC1(C)CC(c2ccc(OCCCCCC(=O)O)cc2)CO1. The molecule has 1 aliphatic heterocycles. The van der Waals surface area contributed by atoms with E-state index in [1.165, 1.54) is 5.56 Å². The maximum atomic E-state index is 10.4. The zero-order valence-electron chi connectivity index (χ0n) is 13.5. The van der Waals surface area contributed by atoms with Crippen molar-refractivity contribution in [1.29, 1.82) is 0 Å². The quantitative estimate of drug-likeness (QED) is 0.738. The Labute approximate surface area is 132 Å². The van der Waals surface area contributed by atoms with E-state index in [4.69, 9.17) is 14.6 Å². The first kappa shape index (κ1) is 16.8. The minimum atomic E-state index is -0.726. The molecule has 0 saturated carbocycles. The molecule has 4 heteroatoms. The average molecular weight is 306 g/mol. The van der Waals surface area contributed by atoms with Crippen LogP contribution in [0, 0.1) is 0 Å². The molecular formula is C18H26O4. The van der Waals surface area contributed by atoms with Crippen molar-refractivity contribution in [2.24, 2.45) is 0 Å². The molecule has 1 aromatic rings. The van der Waals surface area contributed by atoms with Gasteiger partial charge in [-0.05, 0) is 57.2 Å². The van der Waals surface area contributed by atoms with Crippen LogP contribution in [0.3, 0.4) is 0 Å². The molecule has 1 N–H and O–H groups in total. The molecule has 1 fully saturated rings. The fraction of sp³-hybridized carbons (Fsp3) is 0.611. The molecule has 0 bridgehead atoms. The smallest absolute Gasteiger partial charge is 0.303 e. The molecule has 1 heterocycles. The summed E-state index contributed by atoms with van der Waals surface area (Å²) in [5.74, 6) is 0.621. The maximum absolute atomic E-state index is 10.4. The van der Waals surface area contributed by atoms with Crippen molar-refractivity contribution in [3.05, 3.63) is 29.8 Å². The van der Waals surface area contributed by atoms with Gasteiger partial charge in [0.2, 0.25) is 0 Å². The van der Waals surface area contributed by atoms with E-state index < -0.39 is 5.97 Å². The lowest BCUT2D eigenvalue weighted by molar-refractivity contribution is -0.137. The van der Waals surface area contributed by atoms with Crippen LogP contribution < -0.4 is 4.74 Å². The highest BCUT2D eigenvalue weighted by atomic mass is 16.5. The Bertz CT molecular complexity index is 478. The molecule has 1 saturated heterocycles. The van der Waals surface area contributed by atoms with Crippen LogP contribution in [0.15, 0.2) is 24.3 Å². The highest BCUT2D eigenvalue weighted by Gasteiger charge is 2.32. The summed E-state index contributed by atoms with van der Waals surface area (Å²) in [6, 6.07) is 8.26. The second-order valence-electron chi connectivity index (χ2n) is 6.59. The van der Waals surface area contributed by atoms with Crippen LogP contribution in [0.2, 0.25) is 0 Å². The number of ether oxygens (including phenoxy) is 2. The van der Waals surface area contributed by atoms with Crippen LogP contribution in [0.5, 0.6) is 5.75 Å². The molecule has 122 valence electrons. The Morgan fingerprint density at radius 1 is 1.27 bits per heavy atom.